The molecular formula is C14H20ClNS. The minimum Gasteiger partial charge on any atom is -0.306 e. The fourth-order valence-corrected chi connectivity index (χ4v) is 4.67. The molecule has 1 heterocycles. The zero-order valence-corrected chi connectivity index (χ0v) is 12.5. The third-order valence-electron chi connectivity index (χ3n) is 5.24. The number of halogens is 1. The Morgan fingerprint density at radius 3 is 2.53 bits per heavy atom. The van der Waals surface area contributed by atoms with E-state index in [-0.39, 0.29) is 0 Å². The van der Waals surface area contributed by atoms with Crippen LogP contribution >= 0.6 is 22.9 Å². The van der Waals surface area contributed by atoms with Gasteiger partial charge in [0.2, 0.25) is 0 Å². The van der Waals surface area contributed by atoms with E-state index < -0.39 is 0 Å². The van der Waals surface area contributed by atoms with Crippen LogP contribution in [0.5, 0.6) is 0 Å². The maximum absolute atomic E-state index is 6.10. The van der Waals surface area contributed by atoms with Gasteiger partial charge in [0.15, 0.2) is 0 Å². The van der Waals surface area contributed by atoms with Crippen LogP contribution in [0.1, 0.15) is 50.6 Å². The summed E-state index contributed by atoms with van der Waals surface area (Å²) in [4.78, 5) is 1.49. The van der Waals surface area contributed by atoms with Crippen LogP contribution in [0.15, 0.2) is 6.07 Å². The van der Waals surface area contributed by atoms with Gasteiger partial charge in [-0.05, 0) is 35.3 Å². The summed E-state index contributed by atoms with van der Waals surface area (Å²) in [5, 5.41) is 3.85. The molecule has 2 aliphatic carbocycles. The normalized spacial score (nSPS) is 29.4. The molecule has 0 aliphatic heterocycles. The largest absolute Gasteiger partial charge is 0.306 e. The van der Waals surface area contributed by atoms with E-state index in [4.69, 9.17) is 11.6 Å². The second-order valence-corrected chi connectivity index (χ2v) is 8.33. The fourth-order valence-electron chi connectivity index (χ4n) is 3.32. The Morgan fingerprint density at radius 2 is 1.94 bits per heavy atom. The summed E-state index contributed by atoms with van der Waals surface area (Å²) in [6.07, 6.45) is 2.43. The number of thiophene rings is 1. The van der Waals surface area contributed by atoms with Crippen molar-refractivity contribution < 1.29 is 0 Å². The van der Waals surface area contributed by atoms with Crippen molar-refractivity contribution in [1.29, 1.82) is 0 Å². The Balaban J connectivity index is 1.77. The van der Waals surface area contributed by atoms with Gasteiger partial charge in [0.25, 0.3) is 0 Å². The second-order valence-electron chi connectivity index (χ2n) is 6.56. The molecule has 0 spiro atoms. The summed E-state index contributed by atoms with van der Waals surface area (Å²) in [6, 6.07) is 3.32. The molecule has 1 N–H and O–H groups in total. The van der Waals surface area contributed by atoms with E-state index in [9.17, 15) is 0 Å². The SMILES string of the molecule is CC1(C)C(NC2CCc3sc(Cl)cc32)C1(C)C. The summed E-state index contributed by atoms with van der Waals surface area (Å²) >= 11 is 7.85. The first kappa shape index (κ1) is 12.0. The highest BCUT2D eigenvalue weighted by atomic mass is 35.5. The molecule has 1 aromatic rings. The van der Waals surface area contributed by atoms with Crippen LogP contribution in [-0.2, 0) is 6.42 Å². The van der Waals surface area contributed by atoms with Gasteiger partial charge in [-0.3, -0.25) is 0 Å². The van der Waals surface area contributed by atoms with E-state index in [0.29, 0.717) is 22.9 Å². The molecule has 2 aliphatic rings. The highest BCUT2D eigenvalue weighted by molar-refractivity contribution is 7.16. The van der Waals surface area contributed by atoms with Gasteiger partial charge in [-0.2, -0.15) is 0 Å². The zero-order chi connectivity index (χ0) is 12.4. The molecule has 1 fully saturated rings. The average molecular weight is 270 g/mol. The van der Waals surface area contributed by atoms with Crippen molar-refractivity contribution in [2.24, 2.45) is 10.8 Å². The van der Waals surface area contributed by atoms with Crippen molar-refractivity contribution in [3.63, 3.8) is 0 Å². The molecule has 1 saturated carbocycles. The summed E-state index contributed by atoms with van der Waals surface area (Å²) in [5.74, 6) is 0. The summed E-state index contributed by atoms with van der Waals surface area (Å²) in [6.45, 7) is 9.45. The standard InChI is InChI=1S/C14H20ClNS/c1-13(2)12(14(13,3)4)16-9-5-6-10-8(9)7-11(15)17-10/h7,9,12,16H,5-6H2,1-4H3. The maximum atomic E-state index is 6.10. The summed E-state index contributed by atoms with van der Waals surface area (Å²) < 4.78 is 0.941. The van der Waals surface area contributed by atoms with Gasteiger partial charge in [-0.1, -0.05) is 39.3 Å². The molecule has 0 bridgehead atoms. The maximum Gasteiger partial charge on any atom is 0.0934 e. The number of aryl methyl sites for hydroxylation is 1. The van der Waals surface area contributed by atoms with Crippen LogP contribution < -0.4 is 5.32 Å². The van der Waals surface area contributed by atoms with Crippen molar-refractivity contribution in [3.05, 3.63) is 20.8 Å². The lowest BCUT2D eigenvalue weighted by Gasteiger charge is -2.14. The third kappa shape index (κ3) is 1.61. The molecule has 1 unspecified atom stereocenters. The highest BCUT2D eigenvalue weighted by Gasteiger charge is 2.65. The van der Waals surface area contributed by atoms with Crippen LogP contribution in [-0.4, -0.2) is 6.04 Å². The Hall–Kier alpha value is -0.0500. The minimum atomic E-state index is 0.412. The predicted molar refractivity (Wildman–Crippen MR) is 74.9 cm³/mol. The number of rotatable bonds is 2. The first-order valence-electron chi connectivity index (χ1n) is 6.38. The fraction of sp³-hybridized carbons (Fsp3) is 0.714. The molecule has 1 nitrogen and oxygen atoms in total. The minimum absolute atomic E-state index is 0.412. The topological polar surface area (TPSA) is 12.0 Å². The van der Waals surface area contributed by atoms with E-state index in [2.05, 4.69) is 39.1 Å². The van der Waals surface area contributed by atoms with Gasteiger partial charge >= 0.3 is 0 Å². The third-order valence-corrected chi connectivity index (χ3v) is 6.58. The highest BCUT2D eigenvalue weighted by Crippen LogP contribution is 2.63. The molecule has 94 valence electrons. The van der Waals surface area contributed by atoms with Gasteiger partial charge in [-0.15, -0.1) is 11.3 Å². The number of nitrogens with one attached hydrogen (secondary N) is 1. The van der Waals surface area contributed by atoms with Crippen molar-refractivity contribution in [1.82, 2.24) is 5.32 Å². The molecule has 0 saturated heterocycles. The quantitative estimate of drug-likeness (QED) is 0.838. The van der Waals surface area contributed by atoms with Gasteiger partial charge < -0.3 is 5.32 Å². The number of fused-ring (bicyclic) bond motifs is 1. The number of hydrogen-bond donors (Lipinski definition) is 1. The summed E-state index contributed by atoms with van der Waals surface area (Å²) in [5.41, 5.74) is 2.28. The first-order chi connectivity index (χ1) is 7.84. The Morgan fingerprint density at radius 1 is 1.29 bits per heavy atom. The van der Waals surface area contributed by atoms with E-state index >= 15 is 0 Å². The molecule has 17 heavy (non-hydrogen) atoms. The lowest BCUT2D eigenvalue weighted by molar-refractivity contribution is 0.457. The molecule has 1 aromatic heterocycles. The molecule has 3 heteroatoms. The predicted octanol–water partition coefficient (Wildman–Crippen LogP) is 4.41. The van der Waals surface area contributed by atoms with E-state index in [1.165, 1.54) is 23.3 Å². The van der Waals surface area contributed by atoms with E-state index in [1.54, 1.807) is 11.3 Å². The lowest BCUT2D eigenvalue weighted by atomic mass is 10.0. The van der Waals surface area contributed by atoms with Gasteiger partial charge in [0.05, 0.1) is 4.34 Å². The van der Waals surface area contributed by atoms with Crippen LogP contribution in [0.25, 0.3) is 0 Å². The zero-order valence-electron chi connectivity index (χ0n) is 10.9. The van der Waals surface area contributed by atoms with Crippen LogP contribution in [0, 0.1) is 10.8 Å². The van der Waals surface area contributed by atoms with Crippen LogP contribution in [0.4, 0.5) is 0 Å². The molecular weight excluding hydrogens is 250 g/mol. The average Bonchev–Trinajstić information content (AvgIpc) is 2.63. The smallest absolute Gasteiger partial charge is 0.0934 e. The van der Waals surface area contributed by atoms with Gasteiger partial charge in [0.1, 0.15) is 0 Å². The molecule has 1 atom stereocenters. The molecule has 0 amide bonds. The number of hydrogen-bond acceptors (Lipinski definition) is 2. The van der Waals surface area contributed by atoms with Crippen molar-refractivity contribution in [3.8, 4) is 0 Å². The molecule has 3 rings (SSSR count). The Labute approximate surface area is 113 Å². The Kier molecular flexibility index (Phi) is 2.47. The summed E-state index contributed by atoms with van der Waals surface area (Å²) in [7, 11) is 0. The molecule has 0 aromatic carbocycles. The lowest BCUT2D eigenvalue weighted by Crippen LogP contribution is -2.26. The van der Waals surface area contributed by atoms with Crippen molar-refractivity contribution in [2.75, 3.05) is 0 Å². The van der Waals surface area contributed by atoms with E-state index in [0.717, 1.165) is 4.34 Å². The second kappa shape index (κ2) is 3.49. The molecule has 0 radical (unpaired) electrons. The Bertz CT molecular complexity index is 447. The van der Waals surface area contributed by atoms with Crippen LogP contribution in [0.2, 0.25) is 4.34 Å². The van der Waals surface area contributed by atoms with E-state index in [1.807, 2.05) is 0 Å². The van der Waals surface area contributed by atoms with Crippen molar-refractivity contribution in [2.45, 2.75) is 52.6 Å². The van der Waals surface area contributed by atoms with Crippen LogP contribution in [0.3, 0.4) is 0 Å². The van der Waals surface area contributed by atoms with Crippen molar-refractivity contribution >= 4 is 22.9 Å². The van der Waals surface area contributed by atoms with Gasteiger partial charge in [0, 0.05) is 17.0 Å². The van der Waals surface area contributed by atoms with Gasteiger partial charge in [-0.25, -0.2) is 0 Å². The first-order valence-corrected chi connectivity index (χ1v) is 7.57. The monoisotopic (exact) mass is 269 g/mol.